The fourth-order valence-corrected chi connectivity index (χ4v) is 5.65. The van der Waals surface area contributed by atoms with E-state index >= 15 is 0 Å². The van der Waals surface area contributed by atoms with Crippen molar-refractivity contribution in [2.75, 3.05) is 19.6 Å². The van der Waals surface area contributed by atoms with Crippen LogP contribution < -0.4 is 5.56 Å². The number of piperidine rings is 3. The Morgan fingerprint density at radius 3 is 2.39 bits per heavy atom. The summed E-state index contributed by atoms with van der Waals surface area (Å²) in [6.07, 6.45) is 4.04. The lowest BCUT2D eigenvalue weighted by Crippen LogP contribution is -2.60. The van der Waals surface area contributed by atoms with Crippen LogP contribution in [0.2, 0.25) is 0 Å². The summed E-state index contributed by atoms with van der Waals surface area (Å²) < 4.78 is 1.49. The van der Waals surface area contributed by atoms with Gasteiger partial charge in [-0.1, -0.05) is 29.8 Å². The van der Waals surface area contributed by atoms with Gasteiger partial charge in [0, 0.05) is 37.8 Å². The zero-order chi connectivity index (χ0) is 19.4. The van der Waals surface area contributed by atoms with Crippen LogP contribution in [-0.4, -0.2) is 52.0 Å². The molecular weight excluding hydrogens is 350 g/mol. The average molecular weight is 377 g/mol. The minimum Gasteiger partial charge on any atom is -0.333 e. The third-order valence-electron chi connectivity index (χ3n) is 7.09. The van der Waals surface area contributed by atoms with E-state index in [0.717, 1.165) is 19.6 Å². The van der Waals surface area contributed by atoms with E-state index < -0.39 is 0 Å². The van der Waals surface area contributed by atoms with E-state index in [1.54, 1.807) is 19.3 Å². The summed E-state index contributed by atoms with van der Waals surface area (Å²) in [5, 5.41) is 0. The molecule has 6 rings (SSSR count). The number of fused-ring (bicyclic) bond motifs is 2. The van der Waals surface area contributed by atoms with Gasteiger partial charge in [-0.15, -0.1) is 0 Å². The topological polar surface area (TPSA) is 45.6 Å². The summed E-state index contributed by atoms with van der Waals surface area (Å²) in [5.74, 6) is 1.00. The fraction of sp³-hybridized carbons (Fsp3) is 0.478. The molecule has 4 aliphatic heterocycles. The van der Waals surface area contributed by atoms with Gasteiger partial charge in [-0.05, 0) is 50.4 Å². The number of aromatic nitrogens is 1. The molecule has 5 heterocycles. The summed E-state index contributed by atoms with van der Waals surface area (Å²) in [4.78, 5) is 29.9. The van der Waals surface area contributed by atoms with Crippen molar-refractivity contribution < 1.29 is 4.79 Å². The number of amides is 1. The SMILES string of the molecule is Cc1ccc([C@H]2CN(C(=O)c3ccc(=O)n(C)c3)[C@H]3C4CCN(CC4)[C@@H]23)cc1. The van der Waals surface area contributed by atoms with Crippen molar-refractivity contribution >= 4 is 5.91 Å². The van der Waals surface area contributed by atoms with Gasteiger partial charge in [-0.25, -0.2) is 0 Å². The van der Waals surface area contributed by atoms with Gasteiger partial charge in [-0.2, -0.15) is 0 Å². The molecule has 4 saturated heterocycles. The Labute approximate surface area is 165 Å². The third-order valence-corrected chi connectivity index (χ3v) is 7.09. The van der Waals surface area contributed by atoms with Crippen LogP contribution in [-0.2, 0) is 7.05 Å². The van der Waals surface area contributed by atoms with Crippen molar-refractivity contribution in [2.24, 2.45) is 13.0 Å². The number of hydrogen-bond acceptors (Lipinski definition) is 3. The summed E-state index contributed by atoms with van der Waals surface area (Å²) in [6, 6.07) is 12.7. The van der Waals surface area contributed by atoms with E-state index in [-0.39, 0.29) is 17.5 Å². The van der Waals surface area contributed by atoms with Gasteiger partial charge >= 0.3 is 0 Å². The fourth-order valence-electron chi connectivity index (χ4n) is 5.65. The quantitative estimate of drug-likeness (QED) is 0.807. The van der Waals surface area contributed by atoms with Crippen molar-refractivity contribution in [3.05, 3.63) is 69.6 Å². The molecule has 4 fully saturated rings. The molecule has 0 aliphatic carbocycles. The molecule has 0 radical (unpaired) electrons. The maximum atomic E-state index is 13.5. The van der Waals surface area contributed by atoms with Gasteiger partial charge in [0.05, 0.1) is 11.6 Å². The van der Waals surface area contributed by atoms with Gasteiger partial charge in [0.2, 0.25) is 5.56 Å². The molecule has 3 atom stereocenters. The molecule has 4 aliphatic rings. The van der Waals surface area contributed by atoms with Crippen LogP contribution >= 0.6 is 0 Å². The van der Waals surface area contributed by atoms with Crippen LogP contribution in [0.25, 0.3) is 0 Å². The van der Waals surface area contributed by atoms with E-state index in [4.69, 9.17) is 0 Å². The average Bonchev–Trinajstić information content (AvgIpc) is 3.14. The minimum atomic E-state index is -0.0868. The lowest BCUT2D eigenvalue weighted by atomic mass is 9.75. The highest BCUT2D eigenvalue weighted by Crippen LogP contribution is 2.46. The third kappa shape index (κ3) is 2.72. The number of carbonyl (C=O) groups excluding carboxylic acids is 1. The number of likely N-dealkylation sites (tertiary alicyclic amines) is 1. The second kappa shape index (κ2) is 6.59. The molecule has 1 aromatic heterocycles. The Kier molecular flexibility index (Phi) is 4.16. The van der Waals surface area contributed by atoms with Crippen LogP contribution in [0, 0.1) is 12.8 Å². The minimum absolute atomic E-state index is 0.0639. The number of benzene rings is 1. The molecule has 28 heavy (non-hydrogen) atoms. The molecule has 0 spiro atoms. The molecule has 5 heteroatoms. The number of carbonyl (C=O) groups is 1. The van der Waals surface area contributed by atoms with E-state index in [2.05, 4.69) is 41.0 Å². The largest absolute Gasteiger partial charge is 0.333 e. The zero-order valence-electron chi connectivity index (χ0n) is 16.5. The van der Waals surface area contributed by atoms with Gasteiger partial charge < -0.3 is 9.47 Å². The Hall–Kier alpha value is -2.40. The van der Waals surface area contributed by atoms with Crippen LogP contribution in [0.15, 0.2) is 47.4 Å². The first-order chi connectivity index (χ1) is 13.5. The zero-order valence-corrected chi connectivity index (χ0v) is 16.5. The number of pyridine rings is 1. The molecule has 0 unspecified atom stereocenters. The number of nitrogens with zero attached hydrogens (tertiary/aromatic N) is 3. The van der Waals surface area contributed by atoms with Crippen molar-refractivity contribution in [1.29, 1.82) is 0 Å². The van der Waals surface area contributed by atoms with E-state index in [1.807, 2.05) is 0 Å². The molecule has 0 N–H and O–H groups in total. The standard InChI is InChI=1S/C23H27N3O2/c1-15-3-5-16(6-4-15)19-14-26(21-17-9-11-25(12-10-17)22(19)21)23(28)18-7-8-20(27)24(2)13-18/h3-8,13,17,19,21-22H,9-12,14H2,1-2H3/t19-,21+,22+/m1/s1. The van der Waals surface area contributed by atoms with Crippen molar-refractivity contribution in [3.8, 4) is 0 Å². The van der Waals surface area contributed by atoms with Crippen LogP contribution in [0.5, 0.6) is 0 Å². The van der Waals surface area contributed by atoms with E-state index in [0.29, 0.717) is 23.4 Å². The lowest BCUT2D eigenvalue weighted by molar-refractivity contribution is -0.00343. The predicted molar refractivity (Wildman–Crippen MR) is 109 cm³/mol. The van der Waals surface area contributed by atoms with Gasteiger partial charge in [0.1, 0.15) is 0 Å². The highest BCUT2D eigenvalue weighted by Gasteiger charge is 2.54. The molecule has 2 bridgehead atoms. The van der Waals surface area contributed by atoms with Crippen molar-refractivity contribution in [1.82, 2.24) is 14.4 Å². The van der Waals surface area contributed by atoms with Gasteiger partial charge in [-0.3, -0.25) is 14.5 Å². The van der Waals surface area contributed by atoms with Gasteiger partial charge in [0.25, 0.3) is 5.91 Å². The maximum Gasteiger partial charge on any atom is 0.255 e. The van der Waals surface area contributed by atoms with Crippen molar-refractivity contribution in [3.63, 3.8) is 0 Å². The number of hydrogen-bond donors (Lipinski definition) is 0. The molecule has 1 aromatic carbocycles. The number of aryl methyl sites for hydroxylation is 2. The second-order valence-corrected chi connectivity index (χ2v) is 8.70. The van der Waals surface area contributed by atoms with Crippen molar-refractivity contribution in [2.45, 2.75) is 37.8 Å². The van der Waals surface area contributed by atoms with Crippen LogP contribution in [0.3, 0.4) is 0 Å². The summed E-state index contributed by atoms with van der Waals surface area (Å²) in [5.41, 5.74) is 3.13. The molecule has 5 nitrogen and oxygen atoms in total. The molecule has 2 aromatic rings. The molecule has 1 amide bonds. The number of rotatable bonds is 2. The smallest absolute Gasteiger partial charge is 0.255 e. The van der Waals surface area contributed by atoms with Crippen LogP contribution in [0.4, 0.5) is 0 Å². The van der Waals surface area contributed by atoms with Crippen LogP contribution in [0.1, 0.15) is 40.2 Å². The molecule has 0 saturated carbocycles. The Morgan fingerprint density at radius 2 is 1.71 bits per heavy atom. The summed E-state index contributed by atoms with van der Waals surface area (Å²) in [6.45, 7) is 5.17. The van der Waals surface area contributed by atoms with E-state index in [9.17, 15) is 9.59 Å². The predicted octanol–water partition coefficient (Wildman–Crippen LogP) is 2.40. The Bertz CT molecular complexity index is 957. The highest BCUT2D eigenvalue weighted by atomic mass is 16.2. The Morgan fingerprint density at radius 1 is 1.00 bits per heavy atom. The van der Waals surface area contributed by atoms with E-state index in [1.165, 1.54) is 34.6 Å². The first-order valence-electron chi connectivity index (χ1n) is 10.3. The first kappa shape index (κ1) is 17.7. The second-order valence-electron chi connectivity index (χ2n) is 8.70. The summed E-state index contributed by atoms with van der Waals surface area (Å²) >= 11 is 0. The first-order valence-corrected chi connectivity index (χ1v) is 10.3. The normalized spacial score (nSPS) is 31.1. The van der Waals surface area contributed by atoms with Gasteiger partial charge in [0.15, 0.2) is 0 Å². The maximum absolute atomic E-state index is 13.5. The summed E-state index contributed by atoms with van der Waals surface area (Å²) in [7, 11) is 1.70. The lowest BCUT2D eigenvalue weighted by Gasteiger charge is -2.51. The molecule has 146 valence electrons. The monoisotopic (exact) mass is 377 g/mol. The highest BCUT2D eigenvalue weighted by molar-refractivity contribution is 5.94. The Balaban J connectivity index is 1.52. The molecular formula is C23H27N3O2.